The van der Waals surface area contributed by atoms with E-state index in [0.29, 0.717) is 11.4 Å². The summed E-state index contributed by atoms with van der Waals surface area (Å²) in [4.78, 5) is 4.65. The Morgan fingerprint density at radius 1 is 1.16 bits per heavy atom. The molecule has 3 nitrogen and oxygen atoms in total. The van der Waals surface area contributed by atoms with Crippen LogP contribution in [0.5, 0.6) is 5.75 Å². The Bertz CT molecular complexity index is 749. The lowest BCUT2D eigenvalue weighted by Gasteiger charge is -2.05. The van der Waals surface area contributed by atoms with E-state index in [9.17, 15) is 0 Å². The molecule has 3 rings (SSSR count). The van der Waals surface area contributed by atoms with Crippen LogP contribution >= 0.6 is 11.3 Å². The van der Waals surface area contributed by atoms with Crippen molar-refractivity contribution in [2.24, 2.45) is 0 Å². The summed E-state index contributed by atoms with van der Waals surface area (Å²) in [5, 5.41) is 0.985. The lowest BCUT2D eigenvalue weighted by atomic mass is 10.2. The molecule has 0 atom stereocenters. The zero-order valence-corrected chi connectivity index (χ0v) is 11.6. The predicted molar refractivity (Wildman–Crippen MR) is 80.8 cm³/mol. The lowest BCUT2D eigenvalue weighted by molar-refractivity contribution is 0.417. The monoisotopic (exact) mass is 270 g/mol. The third-order valence-corrected chi connectivity index (χ3v) is 4.09. The maximum atomic E-state index is 5.83. The second-order valence-electron chi connectivity index (χ2n) is 4.45. The van der Waals surface area contributed by atoms with Gasteiger partial charge in [-0.25, -0.2) is 4.98 Å². The third kappa shape index (κ3) is 2.15. The van der Waals surface area contributed by atoms with Gasteiger partial charge in [-0.2, -0.15) is 0 Å². The van der Waals surface area contributed by atoms with Crippen LogP contribution in [-0.2, 0) is 0 Å². The maximum absolute atomic E-state index is 5.83. The Balaban J connectivity index is 2.13. The molecule has 19 heavy (non-hydrogen) atoms. The summed E-state index contributed by atoms with van der Waals surface area (Å²) in [5.41, 5.74) is 9.78. The zero-order valence-electron chi connectivity index (χ0n) is 10.8. The molecule has 3 aromatic rings. The predicted octanol–water partition coefficient (Wildman–Crippen LogP) is 3.86. The summed E-state index contributed by atoms with van der Waals surface area (Å²) in [5.74, 6) is 0.688. The Morgan fingerprint density at radius 2 is 2.00 bits per heavy atom. The summed E-state index contributed by atoms with van der Waals surface area (Å²) in [6.45, 7) is 2.09. The summed E-state index contributed by atoms with van der Waals surface area (Å²) < 4.78 is 6.45. The first-order chi connectivity index (χ1) is 9.17. The molecular weight excluding hydrogens is 256 g/mol. The first-order valence-corrected chi connectivity index (χ1v) is 6.80. The van der Waals surface area contributed by atoms with Crippen LogP contribution in [0.15, 0.2) is 36.4 Å². The average Bonchev–Trinajstić information content (AvgIpc) is 2.82. The van der Waals surface area contributed by atoms with Gasteiger partial charge in [0.2, 0.25) is 0 Å². The van der Waals surface area contributed by atoms with Crippen molar-refractivity contribution in [2.45, 2.75) is 6.92 Å². The van der Waals surface area contributed by atoms with E-state index in [1.165, 1.54) is 10.3 Å². The van der Waals surface area contributed by atoms with Crippen LogP contribution in [0.3, 0.4) is 0 Å². The quantitative estimate of drug-likeness (QED) is 0.719. The van der Waals surface area contributed by atoms with Crippen LogP contribution in [0.1, 0.15) is 5.56 Å². The van der Waals surface area contributed by atoms with Gasteiger partial charge in [0.15, 0.2) is 0 Å². The molecule has 0 fully saturated rings. The van der Waals surface area contributed by atoms with Crippen molar-refractivity contribution < 1.29 is 4.74 Å². The van der Waals surface area contributed by atoms with Gasteiger partial charge in [0.1, 0.15) is 10.8 Å². The van der Waals surface area contributed by atoms with E-state index in [1.807, 2.05) is 18.2 Å². The number of thiazole rings is 1. The van der Waals surface area contributed by atoms with Crippen LogP contribution in [-0.4, -0.2) is 12.1 Å². The summed E-state index contributed by atoms with van der Waals surface area (Å²) in [6, 6.07) is 12.0. The average molecular weight is 270 g/mol. The van der Waals surface area contributed by atoms with Gasteiger partial charge in [-0.1, -0.05) is 6.07 Å². The van der Waals surface area contributed by atoms with E-state index in [-0.39, 0.29) is 0 Å². The summed E-state index contributed by atoms with van der Waals surface area (Å²) in [6.07, 6.45) is 0. The summed E-state index contributed by atoms with van der Waals surface area (Å²) >= 11 is 1.68. The molecule has 0 saturated carbocycles. The van der Waals surface area contributed by atoms with Crippen LogP contribution in [0, 0.1) is 6.92 Å². The van der Waals surface area contributed by atoms with Gasteiger partial charge in [-0.05, 0) is 42.8 Å². The number of hydrogen-bond acceptors (Lipinski definition) is 4. The minimum Gasteiger partial charge on any atom is -0.495 e. The van der Waals surface area contributed by atoms with E-state index in [4.69, 9.17) is 10.5 Å². The van der Waals surface area contributed by atoms with Crippen molar-refractivity contribution >= 4 is 27.2 Å². The van der Waals surface area contributed by atoms with Crippen molar-refractivity contribution in [3.05, 3.63) is 42.0 Å². The fourth-order valence-electron chi connectivity index (χ4n) is 2.00. The number of ether oxygens (including phenoxy) is 1. The van der Waals surface area contributed by atoms with Gasteiger partial charge in [0, 0.05) is 5.56 Å². The molecule has 0 unspecified atom stereocenters. The maximum Gasteiger partial charge on any atom is 0.142 e. The van der Waals surface area contributed by atoms with Crippen LogP contribution in [0.25, 0.3) is 20.8 Å². The standard InChI is InChI=1S/C15H14N2OS/c1-9-3-6-12-14(7-9)19-15(17-12)10-4-5-11(16)13(8-10)18-2/h3-8H,16H2,1-2H3. The number of nitrogen functional groups attached to an aromatic ring is 1. The number of benzene rings is 2. The van der Waals surface area contributed by atoms with Crippen molar-refractivity contribution in [3.63, 3.8) is 0 Å². The van der Waals surface area contributed by atoms with Crippen molar-refractivity contribution in [1.82, 2.24) is 4.98 Å². The fraction of sp³-hybridized carbons (Fsp3) is 0.133. The Hall–Kier alpha value is -2.07. The van der Waals surface area contributed by atoms with E-state index < -0.39 is 0 Å². The topological polar surface area (TPSA) is 48.1 Å². The molecule has 0 radical (unpaired) electrons. The Morgan fingerprint density at radius 3 is 2.79 bits per heavy atom. The molecule has 4 heteroatoms. The molecule has 1 heterocycles. The third-order valence-electron chi connectivity index (χ3n) is 3.02. The van der Waals surface area contributed by atoms with Gasteiger partial charge in [0.05, 0.1) is 23.0 Å². The molecule has 96 valence electrons. The van der Waals surface area contributed by atoms with Gasteiger partial charge in [-0.3, -0.25) is 0 Å². The highest BCUT2D eigenvalue weighted by Gasteiger charge is 2.08. The number of aromatic nitrogens is 1. The zero-order chi connectivity index (χ0) is 13.4. The lowest BCUT2D eigenvalue weighted by Crippen LogP contribution is -1.92. The molecular formula is C15H14N2OS. The number of anilines is 1. The van der Waals surface area contributed by atoms with Gasteiger partial charge >= 0.3 is 0 Å². The highest BCUT2D eigenvalue weighted by Crippen LogP contribution is 2.34. The molecule has 2 N–H and O–H groups in total. The Labute approximate surface area is 115 Å². The number of hydrogen-bond donors (Lipinski definition) is 1. The largest absolute Gasteiger partial charge is 0.495 e. The minimum atomic E-state index is 0.642. The van der Waals surface area contributed by atoms with Crippen molar-refractivity contribution in [1.29, 1.82) is 0 Å². The van der Waals surface area contributed by atoms with Crippen LogP contribution in [0.2, 0.25) is 0 Å². The number of methoxy groups -OCH3 is 1. The normalized spacial score (nSPS) is 10.8. The van der Waals surface area contributed by atoms with E-state index in [1.54, 1.807) is 18.4 Å². The first kappa shape index (κ1) is 12.0. The van der Waals surface area contributed by atoms with Crippen LogP contribution in [0.4, 0.5) is 5.69 Å². The fourth-order valence-corrected chi connectivity index (χ4v) is 3.06. The molecule has 0 aliphatic heterocycles. The molecule has 0 saturated heterocycles. The SMILES string of the molecule is COc1cc(-c2nc3ccc(C)cc3s2)ccc1N. The molecule has 0 aliphatic carbocycles. The van der Waals surface area contributed by atoms with Crippen LogP contribution < -0.4 is 10.5 Å². The van der Waals surface area contributed by atoms with Gasteiger partial charge in [-0.15, -0.1) is 11.3 Å². The van der Waals surface area contributed by atoms with Crippen molar-refractivity contribution in [2.75, 3.05) is 12.8 Å². The highest BCUT2D eigenvalue weighted by atomic mass is 32.1. The number of aryl methyl sites for hydroxylation is 1. The molecule has 1 aromatic heterocycles. The minimum absolute atomic E-state index is 0.642. The molecule has 0 spiro atoms. The number of nitrogens with zero attached hydrogens (tertiary/aromatic N) is 1. The van der Waals surface area contributed by atoms with E-state index >= 15 is 0 Å². The highest BCUT2D eigenvalue weighted by molar-refractivity contribution is 7.21. The Kier molecular flexibility index (Phi) is 2.87. The molecule has 2 aromatic carbocycles. The van der Waals surface area contributed by atoms with Gasteiger partial charge in [0.25, 0.3) is 0 Å². The second kappa shape index (κ2) is 4.55. The molecule has 0 amide bonds. The van der Waals surface area contributed by atoms with E-state index in [0.717, 1.165) is 16.1 Å². The smallest absolute Gasteiger partial charge is 0.142 e. The molecule has 0 bridgehead atoms. The number of fused-ring (bicyclic) bond motifs is 1. The van der Waals surface area contributed by atoms with Crippen molar-refractivity contribution in [3.8, 4) is 16.3 Å². The number of rotatable bonds is 2. The van der Waals surface area contributed by atoms with Gasteiger partial charge < -0.3 is 10.5 Å². The first-order valence-electron chi connectivity index (χ1n) is 5.98. The number of nitrogens with two attached hydrogens (primary N) is 1. The van der Waals surface area contributed by atoms with E-state index in [2.05, 4.69) is 30.1 Å². The molecule has 0 aliphatic rings. The summed E-state index contributed by atoms with van der Waals surface area (Å²) in [7, 11) is 1.62. The second-order valence-corrected chi connectivity index (χ2v) is 5.48.